The van der Waals surface area contributed by atoms with Gasteiger partial charge in [0.15, 0.2) is 0 Å². The number of carbonyl (C=O) groups is 1. The summed E-state index contributed by atoms with van der Waals surface area (Å²) < 4.78 is 16.5. The normalized spacial score (nSPS) is 18.1. The van der Waals surface area contributed by atoms with Gasteiger partial charge in [-0.05, 0) is 36.8 Å². The summed E-state index contributed by atoms with van der Waals surface area (Å²) in [5.74, 6) is -1.16. The summed E-state index contributed by atoms with van der Waals surface area (Å²) in [6, 6.07) is 11.4. The van der Waals surface area contributed by atoms with Crippen molar-refractivity contribution in [1.29, 1.82) is 0 Å². The van der Waals surface area contributed by atoms with Crippen molar-refractivity contribution in [3.63, 3.8) is 0 Å². The third-order valence-corrected chi connectivity index (χ3v) is 4.81. The molecule has 0 unspecified atom stereocenters. The molecule has 2 aromatic carbocycles. The highest BCUT2D eigenvalue weighted by Crippen LogP contribution is 2.45. The highest BCUT2D eigenvalue weighted by Gasteiger charge is 2.45. The van der Waals surface area contributed by atoms with E-state index < -0.39 is 23.6 Å². The molecule has 27 heavy (non-hydrogen) atoms. The van der Waals surface area contributed by atoms with E-state index in [0.717, 1.165) is 0 Å². The molecule has 0 fully saturated rings. The fourth-order valence-corrected chi connectivity index (χ4v) is 3.53. The number of aromatic hydroxyl groups is 1. The molecule has 4 rings (SSSR count). The Morgan fingerprint density at radius 2 is 2.04 bits per heavy atom. The van der Waals surface area contributed by atoms with Crippen LogP contribution in [0.3, 0.4) is 0 Å². The molecule has 0 radical (unpaired) electrons. The van der Waals surface area contributed by atoms with Gasteiger partial charge in [-0.2, -0.15) is 0 Å². The number of halogens is 1. The number of phenols is 1. The molecule has 0 amide bonds. The molecule has 0 saturated heterocycles. The van der Waals surface area contributed by atoms with E-state index in [4.69, 9.17) is 25.5 Å². The van der Waals surface area contributed by atoms with Gasteiger partial charge in [0.2, 0.25) is 6.10 Å². The number of benzene rings is 2. The number of ether oxygens (including phenoxy) is 2. The summed E-state index contributed by atoms with van der Waals surface area (Å²) in [6.07, 6.45) is -1.06. The number of hydrogen-bond acceptors (Lipinski definition) is 6. The summed E-state index contributed by atoms with van der Waals surface area (Å²) >= 11 is 6.03. The zero-order valence-corrected chi connectivity index (χ0v) is 15.0. The second-order valence-corrected chi connectivity index (χ2v) is 6.51. The Bertz CT molecular complexity index is 1100. The van der Waals surface area contributed by atoms with E-state index in [2.05, 4.69) is 0 Å². The van der Waals surface area contributed by atoms with Crippen LogP contribution in [0.5, 0.6) is 11.5 Å². The first kappa shape index (κ1) is 17.4. The minimum absolute atomic E-state index is 0.0993. The summed E-state index contributed by atoms with van der Waals surface area (Å²) in [5.41, 5.74) is 0.545. The van der Waals surface area contributed by atoms with Crippen LogP contribution in [0.2, 0.25) is 5.02 Å². The molecule has 0 aliphatic carbocycles. The minimum Gasteiger partial charge on any atom is -0.506 e. The maximum absolute atomic E-state index is 12.7. The largest absolute Gasteiger partial charge is 0.506 e. The molecule has 1 aliphatic rings. The van der Waals surface area contributed by atoms with Gasteiger partial charge in [-0.25, -0.2) is 9.59 Å². The molecule has 1 aliphatic heterocycles. The Labute approximate surface area is 158 Å². The summed E-state index contributed by atoms with van der Waals surface area (Å²) in [6.45, 7) is 1.86. The number of phenolic OH excluding ortho intramolecular Hbond substituents is 1. The SMILES string of the molecule is CCOC(=O)[C@H]1Oc2c(c(=O)oc3ccccc23)[C@@H]1c1ccc(O)c(Cl)c1. The van der Waals surface area contributed by atoms with Crippen LogP contribution >= 0.6 is 11.6 Å². The number of rotatable bonds is 3. The van der Waals surface area contributed by atoms with E-state index in [0.29, 0.717) is 22.3 Å². The molecule has 7 heteroatoms. The Balaban J connectivity index is 1.96. The van der Waals surface area contributed by atoms with E-state index >= 15 is 0 Å². The summed E-state index contributed by atoms with van der Waals surface area (Å²) in [7, 11) is 0. The van der Waals surface area contributed by atoms with E-state index in [1.165, 1.54) is 12.1 Å². The molecular weight excluding hydrogens is 372 g/mol. The van der Waals surface area contributed by atoms with Crippen molar-refractivity contribution in [3.05, 3.63) is 69.0 Å². The molecule has 6 nitrogen and oxygen atoms in total. The molecule has 138 valence electrons. The predicted molar refractivity (Wildman–Crippen MR) is 98.5 cm³/mol. The molecule has 2 atom stereocenters. The summed E-state index contributed by atoms with van der Waals surface area (Å²) in [4.78, 5) is 25.2. The predicted octanol–water partition coefficient (Wildman–Crippen LogP) is 3.61. The third-order valence-electron chi connectivity index (χ3n) is 4.51. The average Bonchev–Trinajstić information content (AvgIpc) is 3.06. The van der Waals surface area contributed by atoms with Crippen molar-refractivity contribution in [2.75, 3.05) is 6.61 Å². The molecule has 0 spiro atoms. The number of carbonyl (C=O) groups excluding carboxylic acids is 1. The maximum Gasteiger partial charge on any atom is 0.348 e. The van der Waals surface area contributed by atoms with Gasteiger partial charge in [-0.1, -0.05) is 29.8 Å². The molecular formula is C20H15ClO6. The second-order valence-electron chi connectivity index (χ2n) is 6.11. The first-order chi connectivity index (χ1) is 13.0. The van der Waals surface area contributed by atoms with Gasteiger partial charge in [-0.15, -0.1) is 0 Å². The molecule has 0 bridgehead atoms. The van der Waals surface area contributed by atoms with Gasteiger partial charge in [0.1, 0.15) is 17.1 Å². The van der Waals surface area contributed by atoms with Crippen molar-refractivity contribution in [2.24, 2.45) is 0 Å². The lowest BCUT2D eigenvalue weighted by molar-refractivity contribution is -0.151. The second kappa shape index (κ2) is 6.63. The third kappa shape index (κ3) is 2.82. The fraction of sp³-hybridized carbons (Fsp3) is 0.200. The zero-order chi connectivity index (χ0) is 19.1. The number of para-hydroxylation sites is 1. The first-order valence-corrected chi connectivity index (χ1v) is 8.76. The highest BCUT2D eigenvalue weighted by molar-refractivity contribution is 6.32. The van der Waals surface area contributed by atoms with E-state index in [1.54, 1.807) is 37.3 Å². The van der Waals surface area contributed by atoms with Gasteiger partial charge in [0.25, 0.3) is 0 Å². The van der Waals surface area contributed by atoms with Crippen molar-refractivity contribution in [2.45, 2.75) is 18.9 Å². The van der Waals surface area contributed by atoms with Gasteiger partial charge in [-0.3, -0.25) is 0 Å². The van der Waals surface area contributed by atoms with Crippen LogP contribution in [-0.4, -0.2) is 23.8 Å². The quantitative estimate of drug-likeness (QED) is 0.546. The molecule has 0 saturated carbocycles. The topological polar surface area (TPSA) is 86.0 Å². The van der Waals surface area contributed by atoms with Crippen LogP contribution < -0.4 is 10.4 Å². The molecule has 3 aromatic rings. The Morgan fingerprint density at radius 3 is 2.78 bits per heavy atom. The maximum atomic E-state index is 12.7. The van der Waals surface area contributed by atoms with Crippen LogP contribution in [-0.2, 0) is 9.53 Å². The fourth-order valence-electron chi connectivity index (χ4n) is 3.34. The van der Waals surface area contributed by atoms with E-state index in [9.17, 15) is 14.7 Å². The van der Waals surface area contributed by atoms with Crippen molar-refractivity contribution in [3.8, 4) is 11.5 Å². The molecule has 1 N–H and O–H groups in total. The van der Waals surface area contributed by atoms with Crippen LogP contribution in [0, 0.1) is 0 Å². The van der Waals surface area contributed by atoms with E-state index in [-0.39, 0.29) is 22.9 Å². The average molecular weight is 387 g/mol. The highest BCUT2D eigenvalue weighted by atomic mass is 35.5. The van der Waals surface area contributed by atoms with Crippen LogP contribution in [0.25, 0.3) is 11.0 Å². The smallest absolute Gasteiger partial charge is 0.348 e. The monoisotopic (exact) mass is 386 g/mol. The van der Waals surface area contributed by atoms with Gasteiger partial charge in [0, 0.05) is 0 Å². The van der Waals surface area contributed by atoms with Gasteiger partial charge < -0.3 is 19.0 Å². The lowest BCUT2D eigenvalue weighted by Crippen LogP contribution is -2.32. The van der Waals surface area contributed by atoms with Gasteiger partial charge >= 0.3 is 11.6 Å². The lowest BCUT2D eigenvalue weighted by atomic mass is 9.88. The van der Waals surface area contributed by atoms with Crippen molar-refractivity contribution in [1.82, 2.24) is 0 Å². The number of hydrogen-bond donors (Lipinski definition) is 1. The number of esters is 1. The standard InChI is InChI=1S/C20H15ClO6/c1-2-25-20(24)18-15(10-7-8-13(22)12(21)9-10)16-17(27-18)11-5-3-4-6-14(11)26-19(16)23/h3-9,15,18,22H,2H2,1H3/t15-,18-/m0/s1. The Kier molecular flexibility index (Phi) is 4.28. The van der Waals surface area contributed by atoms with Crippen LogP contribution in [0.1, 0.15) is 24.0 Å². The number of fused-ring (bicyclic) bond motifs is 3. The van der Waals surface area contributed by atoms with E-state index in [1.807, 2.05) is 0 Å². The van der Waals surface area contributed by atoms with Crippen LogP contribution in [0.15, 0.2) is 51.7 Å². The Hall–Kier alpha value is -2.99. The molecule has 1 aromatic heterocycles. The summed E-state index contributed by atoms with van der Waals surface area (Å²) in [5, 5.41) is 10.4. The van der Waals surface area contributed by atoms with Crippen molar-refractivity contribution < 1.29 is 23.8 Å². The van der Waals surface area contributed by atoms with Crippen LogP contribution in [0.4, 0.5) is 0 Å². The van der Waals surface area contributed by atoms with Gasteiger partial charge in [0.05, 0.1) is 28.5 Å². The molecule has 2 heterocycles. The zero-order valence-electron chi connectivity index (χ0n) is 14.3. The van der Waals surface area contributed by atoms with Crippen molar-refractivity contribution >= 4 is 28.5 Å². The Morgan fingerprint density at radius 1 is 1.26 bits per heavy atom. The minimum atomic E-state index is -1.06. The lowest BCUT2D eigenvalue weighted by Gasteiger charge is -2.17. The first-order valence-electron chi connectivity index (χ1n) is 8.38.